The van der Waals surface area contributed by atoms with E-state index >= 15 is 0 Å². The van der Waals surface area contributed by atoms with E-state index < -0.39 is 5.54 Å². The first kappa shape index (κ1) is 21.8. The molecule has 1 saturated carbocycles. The third-order valence-electron chi connectivity index (χ3n) is 6.94. The van der Waals surface area contributed by atoms with Gasteiger partial charge in [-0.05, 0) is 62.3 Å². The van der Waals surface area contributed by atoms with Gasteiger partial charge in [0.05, 0.1) is 16.6 Å². The molecule has 7 heteroatoms. The number of nitrogens with two attached hydrogens (primary N) is 1. The summed E-state index contributed by atoms with van der Waals surface area (Å²) in [5, 5.41) is 1.90. The largest absolute Gasteiger partial charge is 0.474 e. The molecule has 33 heavy (non-hydrogen) atoms. The lowest BCUT2D eigenvalue weighted by Crippen LogP contribution is -2.32. The Hall–Kier alpha value is -3.06. The van der Waals surface area contributed by atoms with Crippen LogP contribution in [0.4, 0.5) is 0 Å². The van der Waals surface area contributed by atoms with Crippen molar-refractivity contribution in [1.82, 2.24) is 15.0 Å². The van der Waals surface area contributed by atoms with Crippen LogP contribution in [0.15, 0.2) is 30.6 Å². The molecular formula is C26H30N4O3. The molecule has 0 bridgehead atoms. The molecule has 3 atom stereocenters. The van der Waals surface area contributed by atoms with E-state index in [0.29, 0.717) is 17.9 Å². The second kappa shape index (κ2) is 8.06. The number of cyclic esters (lactones) is 1. The first-order valence-electron chi connectivity index (χ1n) is 11.7. The molecule has 3 aromatic rings. The van der Waals surface area contributed by atoms with E-state index in [4.69, 9.17) is 25.2 Å². The molecule has 7 nitrogen and oxygen atoms in total. The number of rotatable bonds is 6. The molecule has 0 unspecified atom stereocenters. The van der Waals surface area contributed by atoms with Crippen LogP contribution in [0.5, 0.6) is 5.88 Å². The molecule has 3 aromatic heterocycles. The maximum atomic E-state index is 12.2. The predicted molar refractivity (Wildman–Crippen MR) is 125 cm³/mol. The Balaban J connectivity index is 1.54. The quantitative estimate of drug-likeness (QED) is 0.560. The summed E-state index contributed by atoms with van der Waals surface area (Å²) in [5.41, 5.74) is 10.2. The van der Waals surface area contributed by atoms with Gasteiger partial charge < -0.3 is 15.2 Å². The molecule has 0 aromatic carbocycles. The molecule has 1 aliphatic carbocycles. The number of esters is 1. The highest BCUT2D eigenvalue weighted by Crippen LogP contribution is 2.36. The van der Waals surface area contributed by atoms with Gasteiger partial charge in [-0.25, -0.2) is 9.78 Å². The summed E-state index contributed by atoms with van der Waals surface area (Å²) in [7, 11) is 0. The molecule has 0 spiro atoms. The van der Waals surface area contributed by atoms with Gasteiger partial charge in [-0.1, -0.05) is 13.8 Å². The van der Waals surface area contributed by atoms with Crippen molar-refractivity contribution in [3.63, 3.8) is 0 Å². The van der Waals surface area contributed by atoms with Gasteiger partial charge in [-0.15, -0.1) is 0 Å². The van der Waals surface area contributed by atoms with Gasteiger partial charge in [0.1, 0.15) is 12.2 Å². The summed E-state index contributed by atoms with van der Waals surface area (Å²) >= 11 is 0. The minimum absolute atomic E-state index is 0.0459. The second-order valence-corrected chi connectivity index (χ2v) is 9.60. The van der Waals surface area contributed by atoms with Gasteiger partial charge in [0.2, 0.25) is 5.88 Å². The van der Waals surface area contributed by atoms with Crippen LogP contribution in [0, 0.1) is 0 Å². The van der Waals surface area contributed by atoms with Gasteiger partial charge in [0.25, 0.3) is 0 Å². The molecule has 172 valence electrons. The Morgan fingerprint density at radius 2 is 1.94 bits per heavy atom. The summed E-state index contributed by atoms with van der Waals surface area (Å²) in [4.78, 5) is 26.3. The van der Waals surface area contributed by atoms with E-state index in [2.05, 4.69) is 18.0 Å². The van der Waals surface area contributed by atoms with Crippen molar-refractivity contribution in [3.05, 3.63) is 58.8 Å². The lowest BCUT2D eigenvalue weighted by molar-refractivity contribution is 0.0234. The van der Waals surface area contributed by atoms with Crippen LogP contribution in [0.1, 0.15) is 85.9 Å². The highest BCUT2D eigenvalue weighted by Gasteiger charge is 2.32. The number of nitrogens with zero attached hydrogens (tertiary/aromatic N) is 3. The maximum absolute atomic E-state index is 12.2. The van der Waals surface area contributed by atoms with Crippen LogP contribution in [0.2, 0.25) is 0 Å². The normalized spacial score (nSPS) is 21.9. The molecule has 2 aliphatic rings. The Kier molecular flexibility index (Phi) is 5.32. The standard InChI is InChI=1S/C26H30N4O3/c1-5-26(4,27)22-13-29-24(33-18-7-8-18)21-12-28-17(11-20(21)22)10-16-6-9-19-23(30-16)14(2)15(3)32-25(19)31/h6,9,11-15,18H,5,7-8,10,27H2,1-4H3/t14-,15+,26-/m1/s1. The molecule has 0 saturated heterocycles. The highest BCUT2D eigenvalue weighted by molar-refractivity contribution is 5.92. The molecule has 1 fully saturated rings. The van der Waals surface area contributed by atoms with Gasteiger partial charge in [-0.2, -0.15) is 0 Å². The van der Waals surface area contributed by atoms with Crippen LogP contribution >= 0.6 is 0 Å². The Labute approximate surface area is 193 Å². The van der Waals surface area contributed by atoms with Crippen LogP contribution in [-0.4, -0.2) is 33.1 Å². The Bertz CT molecular complexity index is 1240. The molecular weight excluding hydrogens is 416 g/mol. The number of carbonyl (C=O) groups excluding carboxylic acids is 1. The second-order valence-electron chi connectivity index (χ2n) is 9.60. The van der Waals surface area contributed by atoms with Crippen molar-refractivity contribution in [1.29, 1.82) is 0 Å². The minimum Gasteiger partial charge on any atom is -0.474 e. The number of hydrogen-bond donors (Lipinski definition) is 1. The van der Waals surface area contributed by atoms with E-state index in [1.54, 1.807) is 0 Å². The van der Waals surface area contributed by atoms with Crippen molar-refractivity contribution in [3.8, 4) is 5.88 Å². The summed E-state index contributed by atoms with van der Waals surface area (Å²) < 4.78 is 11.5. The van der Waals surface area contributed by atoms with Crippen LogP contribution in [0.3, 0.4) is 0 Å². The zero-order valence-corrected chi connectivity index (χ0v) is 19.6. The average molecular weight is 447 g/mol. The van der Waals surface area contributed by atoms with Crippen molar-refractivity contribution < 1.29 is 14.3 Å². The Morgan fingerprint density at radius 3 is 2.67 bits per heavy atom. The smallest absolute Gasteiger partial charge is 0.340 e. The topological polar surface area (TPSA) is 100 Å². The number of pyridine rings is 3. The molecule has 5 rings (SSSR count). The minimum atomic E-state index is -0.516. The molecule has 2 N–H and O–H groups in total. The lowest BCUT2D eigenvalue weighted by atomic mass is 9.88. The zero-order chi connectivity index (χ0) is 23.3. The van der Waals surface area contributed by atoms with Crippen LogP contribution in [-0.2, 0) is 16.7 Å². The van der Waals surface area contributed by atoms with Gasteiger partial charge >= 0.3 is 5.97 Å². The zero-order valence-electron chi connectivity index (χ0n) is 19.6. The van der Waals surface area contributed by atoms with Gasteiger partial charge in [-0.3, -0.25) is 9.97 Å². The van der Waals surface area contributed by atoms with E-state index in [1.807, 2.05) is 45.3 Å². The first-order chi connectivity index (χ1) is 15.8. The SMILES string of the molecule is CC[C@@](C)(N)c1cnc(OC2CC2)c2cnc(Cc3ccc4c(n3)[C@H](C)[C@H](C)OC4=O)cc12. The number of aromatic nitrogens is 3. The van der Waals surface area contributed by atoms with Crippen molar-refractivity contribution in [2.45, 2.75) is 77.0 Å². The number of carbonyl (C=O) groups is 1. The number of fused-ring (bicyclic) bond motifs is 2. The number of hydrogen-bond acceptors (Lipinski definition) is 7. The fraction of sp³-hybridized carbons (Fsp3) is 0.462. The fourth-order valence-electron chi connectivity index (χ4n) is 4.21. The highest BCUT2D eigenvalue weighted by atomic mass is 16.5. The van der Waals surface area contributed by atoms with Crippen LogP contribution < -0.4 is 10.5 Å². The summed E-state index contributed by atoms with van der Waals surface area (Å²) in [6, 6.07) is 5.77. The van der Waals surface area contributed by atoms with Gasteiger partial charge in [0.15, 0.2) is 0 Å². The molecule has 0 radical (unpaired) electrons. The van der Waals surface area contributed by atoms with E-state index in [-0.39, 0.29) is 24.1 Å². The first-order valence-corrected chi connectivity index (χ1v) is 11.7. The predicted octanol–water partition coefficient (Wildman–Crippen LogP) is 4.40. The molecule has 0 amide bonds. The molecule has 1 aliphatic heterocycles. The third-order valence-corrected chi connectivity index (χ3v) is 6.94. The van der Waals surface area contributed by atoms with Crippen molar-refractivity contribution >= 4 is 16.7 Å². The van der Waals surface area contributed by atoms with Crippen molar-refractivity contribution in [2.24, 2.45) is 5.73 Å². The van der Waals surface area contributed by atoms with Crippen molar-refractivity contribution in [2.75, 3.05) is 0 Å². The number of ether oxygens (including phenoxy) is 2. The van der Waals surface area contributed by atoms with Gasteiger partial charge in [0, 0.05) is 41.7 Å². The van der Waals surface area contributed by atoms with E-state index in [0.717, 1.165) is 52.7 Å². The average Bonchev–Trinajstić information content (AvgIpc) is 3.61. The third kappa shape index (κ3) is 4.06. The monoisotopic (exact) mass is 446 g/mol. The van der Waals surface area contributed by atoms with E-state index in [9.17, 15) is 4.79 Å². The summed E-state index contributed by atoms with van der Waals surface area (Å²) in [5.74, 6) is 0.362. The summed E-state index contributed by atoms with van der Waals surface area (Å²) in [6.45, 7) is 8.04. The van der Waals surface area contributed by atoms with E-state index in [1.165, 1.54) is 0 Å². The molecule has 4 heterocycles. The Morgan fingerprint density at radius 1 is 1.15 bits per heavy atom. The fourth-order valence-corrected chi connectivity index (χ4v) is 4.21. The maximum Gasteiger partial charge on any atom is 0.340 e. The summed E-state index contributed by atoms with van der Waals surface area (Å²) in [6.07, 6.45) is 7.20. The van der Waals surface area contributed by atoms with Crippen LogP contribution in [0.25, 0.3) is 10.8 Å². The lowest BCUT2D eigenvalue weighted by Gasteiger charge is -2.27.